The molecule has 0 saturated heterocycles. The zero-order chi connectivity index (χ0) is 12.1. The number of hydrogen-bond acceptors (Lipinski definition) is 1. The number of aldehydes is 1. The Morgan fingerprint density at radius 2 is 1.71 bits per heavy atom. The monoisotopic (exact) mass is 222 g/mol. The molecule has 0 amide bonds. The molecule has 0 heterocycles. The van der Waals surface area contributed by atoms with Crippen molar-refractivity contribution in [1.29, 1.82) is 0 Å². The van der Waals surface area contributed by atoms with Crippen LogP contribution in [0.25, 0.3) is 17.2 Å². The second-order valence-electron chi connectivity index (χ2n) is 3.99. The third kappa shape index (κ3) is 2.91. The summed E-state index contributed by atoms with van der Waals surface area (Å²) in [6, 6.07) is 14.6. The SMILES string of the molecule is CC(/C=C/c1cc2cccccc-2c1)=C\C=O. The van der Waals surface area contributed by atoms with Crippen molar-refractivity contribution in [3.8, 4) is 11.1 Å². The third-order valence-electron chi connectivity index (χ3n) is 2.62. The minimum Gasteiger partial charge on any atom is -0.299 e. The van der Waals surface area contributed by atoms with Crippen LogP contribution in [0, 0.1) is 0 Å². The fraction of sp³-hybridized carbons (Fsp3) is 0.0625. The molecule has 0 radical (unpaired) electrons. The maximum atomic E-state index is 10.3. The lowest BCUT2D eigenvalue weighted by Crippen LogP contribution is -1.69. The highest BCUT2D eigenvalue weighted by atomic mass is 16.1. The number of carbonyl (C=O) groups is 1. The lowest BCUT2D eigenvalue weighted by atomic mass is 10.2. The molecule has 1 heteroatoms. The molecule has 0 atom stereocenters. The molecule has 0 saturated carbocycles. The van der Waals surface area contributed by atoms with Gasteiger partial charge in [0, 0.05) is 0 Å². The summed E-state index contributed by atoms with van der Waals surface area (Å²) >= 11 is 0. The quantitative estimate of drug-likeness (QED) is 0.436. The molecule has 2 rings (SSSR count). The van der Waals surface area contributed by atoms with Crippen molar-refractivity contribution in [3.63, 3.8) is 0 Å². The summed E-state index contributed by atoms with van der Waals surface area (Å²) in [7, 11) is 0. The zero-order valence-electron chi connectivity index (χ0n) is 9.76. The molecule has 1 nitrogen and oxygen atoms in total. The Balaban J connectivity index is 2.30. The van der Waals surface area contributed by atoms with Gasteiger partial charge in [-0.2, -0.15) is 0 Å². The van der Waals surface area contributed by atoms with Crippen LogP contribution in [0.3, 0.4) is 0 Å². The molecule has 0 aromatic rings. The van der Waals surface area contributed by atoms with Crippen LogP contribution in [0.15, 0.2) is 60.2 Å². The van der Waals surface area contributed by atoms with Crippen molar-refractivity contribution in [2.45, 2.75) is 6.92 Å². The van der Waals surface area contributed by atoms with E-state index in [1.807, 2.05) is 37.3 Å². The Bertz CT molecular complexity index is 519. The zero-order valence-corrected chi connectivity index (χ0v) is 9.76. The van der Waals surface area contributed by atoms with E-state index in [1.165, 1.54) is 11.1 Å². The first-order valence-electron chi connectivity index (χ1n) is 5.58. The molecule has 2 aliphatic rings. The molecule has 0 spiro atoms. The van der Waals surface area contributed by atoms with Gasteiger partial charge in [0.05, 0.1) is 0 Å². The topological polar surface area (TPSA) is 17.1 Å². The van der Waals surface area contributed by atoms with E-state index in [-0.39, 0.29) is 0 Å². The largest absolute Gasteiger partial charge is 0.299 e. The average molecular weight is 222 g/mol. The normalized spacial score (nSPS) is 12.2. The van der Waals surface area contributed by atoms with Gasteiger partial charge in [-0.05, 0) is 47.4 Å². The van der Waals surface area contributed by atoms with Crippen LogP contribution in [0.4, 0.5) is 0 Å². The highest BCUT2D eigenvalue weighted by Crippen LogP contribution is 2.25. The predicted molar refractivity (Wildman–Crippen MR) is 71.9 cm³/mol. The molecule has 0 fully saturated rings. The molecule has 0 aromatic heterocycles. The first kappa shape index (κ1) is 11.3. The first-order chi connectivity index (χ1) is 8.29. The van der Waals surface area contributed by atoms with E-state index in [9.17, 15) is 4.79 Å². The summed E-state index contributed by atoms with van der Waals surface area (Å²) < 4.78 is 0. The van der Waals surface area contributed by atoms with Gasteiger partial charge < -0.3 is 0 Å². The second-order valence-corrected chi connectivity index (χ2v) is 3.99. The summed E-state index contributed by atoms with van der Waals surface area (Å²) in [5, 5.41) is 0. The number of rotatable bonds is 3. The van der Waals surface area contributed by atoms with E-state index in [1.54, 1.807) is 6.08 Å². The van der Waals surface area contributed by atoms with Gasteiger partial charge in [-0.3, -0.25) is 4.79 Å². The molecule has 0 aromatic carbocycles. The van der Waals surface area contributed by atoms with Gasteiger partial charge in [0.25, 0.3) is 0 Å². The average Bonchev–Trinajstić information content (AvgIpc) is 2.57. The minimum absolute atomic E-state index is 0.807. The van der Waals surface area contributed by atoms with Crippen LogP contribution in [0.5, 0.6) is 0 Å². The van der Waals surface area contributed by atoms with Crippen molar-refractivity contribution in [1.82, 2.24) is 0 Å². The molecule has 2 aliphatic carbocycles. The van der Waals surface area contributed by atoms with E-state index in [0.717, 1.165) is 17.4 Å². The maximum Gasteiger partial charge on any atom is 0.143 e. The summed E-state index contributed by atoms with van der Waals surface area (Å²) in [5.41, 5.74) is 4.57. The molecule has 0 aliphatic heterocycles. The summed E-state index contributed by atoms with van der Waals surface area (Å²) in [5.74, 6) is 0. The Kier molecular flexibility index (Phi) is 3.51. The van der Waals surface area contributed by atoms with E-state index in [0.29, 0.717) is 0 Å². The second kappa shape index (κ2) is 5.26. The number of allylic oxidation sites excluding steroid dienone is 3. The van der Waals surface area contributed by atoms with Crippen molar-refractivity contribution >= 4 is 12.4 Å². The Labute approximate surface area is 101 Å². The lowest BCUT2D eigenvalue weighted by Gasteiger charge is -1.86. The highest BCUT2D eigenvalue weighted by molar-refractivity contribution is 5.74. The van der Waals surface area contributed by atoms with Gasteiger partial charge in [0.1, 0.15) is 6.29 Å². The number of carbonyl (C=O) groups excluding carboxylic acids is 1. The Morgan fingerprint density at radius 1 is 1.06 bits per heavy atom. The minimum atomic E-state index is 0.807. The molecule has 0 bridgehead atoms. The standard InChI is InChI=1S/C16H14O/c1-13(9-10-17)7-8-14-11-15-5-3-2-4-6-16(15)12-14/h2-12H,1H3/b8-7+,13-9+. The molecule has 17 heavy (non-hydrogen) atoms. The van der Waals surface area contributed by atoms with E-state index in [4.69, 9.17) is 0 Å². The van der Waals surface area contributed by atoms with Gasteiger partial charge in [0.2, 0.25) is 0 Å². The summed E-state index contributed by atoms with van der Waals surface area (Å²) in [6.07, 6.45) is 6.33. The van der Waals surface area contributed by atoms with Gasteiger partial charge in [-0.15, -0.1) is 0 Å². The third-order valence-corrected chi connectivity index (χ3v) is 2.62. The molecule has 84 valence electrons. The van der Waals surface area contributed by atoms with E-state index in [2.05, 4.69) is 24.3 Å². The van der Waals surface area contributed by atoms with Crippen molar-refractivity contribution in [2.75, 3.05) is 0 Å². The van der Waals surface area contributed by atoms with Crippen molar-refractivity contribution in [3.05, 3.63) is 65.8 Å². The van der Waals surface area contributed by atoms with Crippen LogP contribution >= 0.6 is 0 Å². The van der Waals surface area contributed by atoms with Crippen LogP contribution in [-0.2, 0) is 4.79 Å². The number of hydrogen-bond donors (Lipinski definition) is 0. The van der Waals surface area contributed by atoms with Crippen molar-refractivity contribution in [2.24, 2.45) is 0 Å². The molecular weight excluding hydrogens is 208 g/mol. The highest BCUT2D eigenvalue weighted by Gasteiger charge is 2.01. The Hall–Kier alpha value is -2.15. The van der Waals surface area contributed by atoms with Crippen molar-refractivity contribution < 1.29 is 4.79 Å². The molecule has 0 unspecified atom stereocenters. The van der Waals surface area contributed by atoms with Gasteiger partial charge in [0.15, 0.2) is 0 Å². The van der Waals surface area contributed by atoms with Gasteiger partial charge in [-0.25, -0.2) is 0 Å². The summed E-state index contributed by atoms with van der Waals surface area (Å²) in [4.78, 5) is 10.3. The van der Waals surface area contributed by atoms with Gasteiger partial charge >= 0.3 is 0 Å². The van der Waals surface area contributed by atoms with E-state index < -0.39 is 0 Å². The smallest absolute Gasteiger partial charge is 0.143 e. The molecular formula is C16H14O. The van der Waals surface area contributed by atoms with Crippen LogP contribution < -0.4 is 0 Å². The number of fused-ring (bicyclic) bond motifs is 1. The van der Waals surface area contributed by atoms with Crippen LogP contribution in [0.2, 0.25) is 0 Å². The van der Waals surface area contributed by atoms with Crippen LogP contribution in [-0.4, -0.2) is 6.29 Å². The predicted octanol–water partition coefficient (Wildman–Crippen LogP) is 3.95. The van der Waals surface area contributed by atoms with Crippen LogP contribution in [0.1, 0.15) is 12.5 Å². The lowest BCUT2D eigenvalue weighted by molar-refractivity contribution is -0.104. The fourth-order valence-corrected chi connectivity index (χ4v) is 1.73. The summed E-state index contributed by atoms with van der Waals surface area (Å²) in [6.45, 7) is 1.91. The molecule has 0 N–H and O–H groups in total. The maximum absolute atomic E-state index is 10.3. The first-order valence-corrected chi connectivity index (χ1v) is 5.58. The Morgan fingerprint density at radius 3 is 2.29 bits per heavy atom. The van der Waals surface area contributed by atoms with E-state index >= 15 is 0 Å². The fourth-order valence-electron chi connectivity index (χ4n) is 1.73. The van der Waals surface area contributed by atoms with Gasteiger partial charge in [-0.1, -0.05) is 42.5 Å².